The molecule has 0 radical (unpaired) electrons. The summed E-state index contributed by atoms with van der Waals surface area (Å²) in [6.45, 7) is 0. The van der Waals surface area contributed by atoms with Crippen LogP contribution in [0, 0.1) is 11.3 Å². The molecule has 3 nitrogen and oxygen atoms in total. The van der Waals surface area contributed by atoms with Crippen LogP contribution in [0.5, 0.6) is 0 Å². The largest absolute Gasteiger partial charge is 0.197 e. The summed E-state index contributed by atoms with van der Waals surface area (Å²) in [7, 11) is 0. The number of thiophene rings is 1. The average molecular weight is 257 g/mol. The summed E-state index contributed by atoms with van der Waals surface area (Å²) >= 11 is 3.15. The van der Waals surface area contributed by atoms with Gasteiger partial charge in [0.1, 0.15) is 5.03 Å². The summed E-state index contributed by atoms with van der Waals surface area (Å²) in [5.74, 6) is 0.401. The van der Waals surface area contributed by atoms with E-state index in [1.54, 1.807) is 17.5 Å². The Hall–Kier alpha value is -1.64. The van der Waals surface area contributed by atoms with Crippen molar-refractivity contribution < 1.29 is 0 Å². The number of fused-ring (bicyclic) bond motifs is 3. The number of rotatable bonds is 2. The number of nitriles is 1. The highest BCUT2D eigenvalue weighted by Crippen LogP contribution is 2.37. The van der Waals surface area contributed by atoms with Crippen LogP contribution >= 0.6 is 23.1 Å². The van der Waals surface area contributed by atoms with Crippen LogP contribution in [-0.4, -0.2) is 16.0 Å². The van der Waals surface area contributed by atoms with E-state index >= 15 is 0 Å². The molecule has 0 fully saturated rings. The molecule has 3 aromatic rings. The van der Waals surface area contributed by atoms with Gasteiger partial charge in [-0.1, -0.05) is 30.0 Å². The van der Waals surface area contributed by atoms with Crippen molar-refractivity contribution in [1.29, 1.82) is 5.26 Å². The molecule has 0 spiro atoms. The highest BCUT2D eigenvalue weighted by molar-refractivity contribution is 7.99. The van der Waals surface area contributed by atoms with E-state index in [-0.39, 0.29) is 0 Å². The van der Waals surface area contributed by atoms with Gasteiger partial charge in [0.25, 0.3) is 0 Å². The lowest BCUT2D eigenvalue weighted by atomic mass is 10.2. The standard InChI is InChI=1S/C12H7N3S2/c13-5-6-16-12-11-8-3-1-2-4-9(8)17-10(11)7-14-15-12/h1-4,7H,6H2. The molecule has 82 valence electrons. The van der Waals surface area contributed by atoms with Gasteiger partial charge in [0.05, 0.1) is 22.7 Å². The summed E-state index contributed by atoms with van der Waals surface area (Å²) in [4.78, 5) is 0. The molecular weight excluding hydrogens is 250 g/mol. The number of hydrogen-bond acceptors (Lipinski definition) is 5. The Bertz CT molecular complexity index is 727. The van der Waals surface area contributed by atoms with E-state index in [2.05, 4.69) is 28.4 Å². The van der Waals surface area contributed by atoms with Crippen molar-refractivity contribution >= 4 is 43.3 Å². The smallest absolute Gasteiger partial charge is 0.129 e. The monoisotopic (exact) mass is 257 g/mol. The minimum Gasteiger partial charge on any atom is -0.197 e. The van der Waals surface area contributed by atoms with Gasteiger partial charge in [-0.25, -0.2) is 0 Å². The van der Waals surface area contributed by atoms with E-state index in [4.69, 9.17) is 5.26 Å². The highest BCUT2D eigenvalue weighted by atomic mass is 32.2. The maximum atomic E-state index is 8.65. The lowest BCUT2D eigenvalue weighted by Crippen LogP contribution is -1.85. The fraction of sp³-hybridized carbons (Fsp3) is 0.0833. The molecule has 5 heteroatoms. The van der Waals surface area contributed by atoms with Crippen molar-refractivity contribution in [2.24, 2.45) is 0 Å². The van der Waals surface area contributed by atoms with Crippen LogP contribution < -0.4 is 0 Å². The second-order valence-electron chi connectivity index (χ2n) is 3.43. The van der Waals surface area contributed by atoms with Crippen molar-refractivity contribution in [3.63, 3.8) is 0 Å². The van der Waals surface area contributed by atoms with Crippen molar-refractivity contribution in [3.8, 4) is 6.07 Å². The Morgan fingerprint density at radius 1 is 1.29 bits per heavy atom. The molecule has 0 saturated carbocycles. The van der Waals surface area contributed by atoms with E-state index in [0.29, 0.717) is 5.75 Å². The van der Waals surface area contributed by atoms with Crippen LogP contribution in [0.25, 0.3) is 20.2 Å². The van der Waals surface area contributed by atoms with Crippen LogP contribution in [-0.2, 0) is 0 Å². The van der Waals surface area contributed by atoms with Crippen LogP contribution in [0.15, 0.2) is 35.5 Å². The first kappa shape index (κ1) is 10.5. The molecule has 0 N–H and O–H groups in total. The first-order chi connectivity index (χ1) is 8.40. The fourth-order valence-electron chi connectivity index (χ4n) is 1.76. The second kappa shape index (κ2) is 4.32. The molecule has 0 aliphatic rings. The highest BCUT2D eigenvalue weighted by Gasteiger charge is 2.10. The molecule has 3 rings (SSSR count). The summed E-state index contributed by atoms with van der Waals surface area (Å²) < 4.78 is 2.36. The molecule has 2 heterocycles. The predicted octanol–water partition coefficient (Wildman–Crippen LogP) is 3.46. The first-order valence-corrected chi connectivity index (χ1v) is 6.83. The third-order valence-corrected chi connectivity index (χ3v) is 4.37. The minimum absolute atomic E-state index is 0.401. The third kappa shape index (κ3) is 1.75. The number of benzene rings is 1. The van der Waals surface area contributed by atoms with Gasteiger partial charge in [0.15, 0.2) is 0 Å². The Morgan fingerprint density at radius 2 is 2.18 bits per heavy atom. The van der Waals surface area contributed by atoms with Gasteiger partial charge in [-0.05, 0) is 6.07 Å². The summed E-state index contributed by atoms with van der Waals surface area (Å²) in [6.07, 6.45) is 1.79. The SMILES string of the molecule is N#CCSc1nncc2sc3ccccc3c12. The minimum atomic E-state index is 0.401. The summed E-state index contributed by atoms with van der Waals surface area (Å²) in [6, 6.07) is 10.4. The Kier molecular flexibility index (Phi) is 2.67. The van der Waals surface area contributed by atoms with Gasteiger partial charge >= 0.3 is 0 Å². The predicted molar refractivity (Wildman–Crippen MR) is 71.3 cm³/mol. The maximum Gasteiger partial charge on any atom is 0.129 e. The van der Waals surface area contributed by atoms with E-state index in [1.165, 1.54) is 21.8 Å². The zero-order valence-electron chi connectivity index (χ0n) is 8.75. The van der Waals surface area contributed by atoms with Gasteiger partial charge in [0.2, 0.25) is 0 Å². The number of aromatic nitrogens is 2. The summed E-state index contributed by atoms with van der Waals surface area (Å²) in [5.41, 5.74) is 0. The van der Waals surface area contributed by atoms with E-state index < -0.39 is 0 Å². The maximum absolute atomic E-state index is 8.65. The van der Waals surface area contributed by atoms with Crippen molar-refractivity contribution in [1.82, 2.24) is 10.2 Å². The Labute approximate surface area is 106 Å². The molecule has 0 aliphatic carbocycles. The zero-order valence-corrected chi connectivity index (χ0v) is 10.4. The number of thioether (sulfide) groups is 1. The Morgan fingerprint density at radius 3 is 3.06 bits per heavy atom. The molecule has 2 aromatic heterocycles. The molecule has 0 atom stereocenters. The zero-order chi connectivity index (χ0) is 11.7. The molecule has 0 unspecified atom stereocenters. The van der Waals surface area contributed by atoms with Crippen molar-refractivity contribution in [2.45, 2.75) is 5.03 Å². The first-order valence-electron chi connectivity index (χ1n) is 5.03. The van der Waals surface area contributed by atoms with Crippen molar-refractivity contribution in [3.05, 3.63) is 30.5 Å². The molecular formula is C12H7N3S2. The third-order valence-electron chi connectivity index (χ3n) is 2.43. The molecule has 0 saturated heterocycles. The molecule has 17 heavy (non-hydrogen) atoms. The number of hydrogen-bond donors (Lipinski definition) is 0. The topological polar surface area (TPSA) is 49.6 Å². The molecule has 0 aliphatic heterocycles. The lowest BCUT2D eigenvalue weighted by Gasteiger charge is -1.97. The van der Waals surface area contributed by atoms with Gasteiger partial charge < -0.3 is 0 Å². The van der Waals surface area contributed by atoms with Crippen LogP contribution in [0.2, 0.25) is 0 Å². The number of nitrogens with zero attached hydrogens (tertiary/aromatic N) is 3. The van der Waals surface area contributed by atoms with Crippen molar-refractivity contribution in [2.75, 3.05) is 5.75 Å². The van der Waals surface area contributed by atoms with E-state index in [1.807, 2.05) is 12.1 Å². The second-order valence-corrected chi connectivity index (χ2v) is 5.48. The van der Waals surface area contributed by atoms with Gasteiger partial charge in [-0.2, -0.15) is 10.4 Å². The van der Waals surface area contributed by atoms with Gasteiger partial charge in [0, 0.05) is 15.5 Å². The van der Waals surface area contributed by atoms with Crippen LogP contribution in [0.4, 0.5) is 0 Å². The Balaban J connectivity index is 2.32. The molecule has 1 aromatic carbocycles. The average Bonchev–Trinajstić information content (AvgIpc) is 2.75. The van der Waals surface area contributed by atoms with Gasteiger partial charge in [-0.15, -0.1) is 16.4 Å². The van der Waals surface area contributed by atoms with Crippen LogP contribution in [0.1, 0.15) is 0 Å². The normalized spacial score (nSPS) is 10.8. The fourth-order valence-corrected chi connectivity index (χ4v) is 3.57. The quantitative estimate of drug-likeness (QED) is 0.660. The van der Waals surface area contributed by atoms with E-state index in [0.717, 1.165) is 15.1 Å². The summed E-state index contributed by atoms with van der Waals surface area (Å²) in [5, 5.41) is 19.9. The van der Waals surface area contributed by atoms with E-state index in [9.17, 15) is 0 Å². The lowest BCUT2D eigenvalue weighted by molar-refractivity contribution is 0.961. The van der Waals surface area contributed by atoms with Gasteiger partial charge in [-0.3, -0.25) is 0 Å². The molecule has 0 amide bonds. The molecule has 0 bridgehead atoms. The van der Waals surface area contributed by atoms with Crippen LogP contribution in [0.3, 0.4) is 0 Å².